The number of thiocarbonyl (C=S) groups is 1. The summed E-state index contributed by atoms with van der Waals surface area (Å²) in [5.74, 6) is 0.769. The van der Waals surface area contributed by atoms with Gasteiger partial charge in [0.1, 0.15) is 10.5 Å². The molecular weight excluding hydrogens is 246 g/mol. The number of rotatable bonds is 2. The predicted molar refractivity (Wildman–Crippen MR) is 72.9 cm³/mol. The number of nitrogens with two attached hydrogens (primary N) is 1. The largest absolute Gasteiger partial charge is 0.388 e. The van der Waals surface area contributed by atoms with Crippen molar-refractivity contribution >= 4 is 22.7 Å². The van der Waals surface area contributed by atoms with Crippen LogP contribution in [0.3, 0.4) is 0 Å². The first-order chi connectivity index (χ1) is 8.66. The number of nitrogens with zero attached hydrogens (tertiary/aromatic N) is 4. The zero-order valence-electron chi connectivity index (χ0n) is 9.74. The van der Waals surface area contributed by atoms with E-state index in [0.717, 1.165) is 22.7 Å². The summed E-state index contributed by atoms with van der Waals surface area (Å²) in [6.07, 6.45) is 5.41. The van der Waals surface area contributed by atoms with Gasteiger partial charge < -0.3 is 5.73 Å². The number of aromatic nitrogens is 4. The summed E-state index contributed by atoms with van der Waals surface area (Å²) in [6, 6.07) is 5.74. The Hall–Kier alpha value is -2.21. The molecule has 0 bridgehead atoms. The summed E-state index contributed by atoms with van der Waals surface area (Å²) in [5.41, 5.74) is 8.33. The lowest BCUT2D eigenvalue weighted by molar-refractivity contribution is 0.897. The van der Waals surface area contributed by atoms with Crippen molar-refractivity contribution in [3.63, 3.8) is 0 Å². The van der Waals surface area contributed by atoms with Gasteiger partial charge in [-0.1, -0.05) is 12.2 Å². The van der Waals surface area contributed by atoms with Gasteiger partial charge in [-0.15, -0.1) is 0 Å². The molecule has 18 heavy (non-hydrogen) atoms. The Morgan fingerprint density at radius 3 is 3.00 bits per heavy atom. The van der Waals surface area contributed by atoms with Gasteiger partial charge in [0.2, 0.25) is 0 Å². The molecule has 0 saturated heterocycles. The second-order valence-electron chi connectivity index (χ2n) is 3.99. The highest BCUT2D eigenvalue weighted by atomic mass is 32.1. The Labute approximate surface area is 109 Å². The Morgan fingerprint density at radius 2 is 2.22 bits per heavy atom. The molecule has 0 radical (unpaired) electrons. The molecule has 0 aromatic carbocycles. The highest BCUT2D eigenvalue weighted by Gasteiger charge is 2.11. The fourth-order valence-electron chi connectivity index (χ4n) is 1.98. The normalized spacial score (nSPS) is 10.9. The Bertz CT molecular complexity index is 740. The lowest BCUT2D eigenvalue weighted by Crippen LogP contribution is -2.15. The average molecular weight is 257 g/mol. The fraction of sp³-hybridized carbons (Fsp3) is 0.0833. The fourth-order valence-corrected chi connectivity index (χ4v) is 2.15. The van der Waals surface area contributed by atoms with Gasteiger partial charge in [0.15, 0.2) is 5.82 Å². The molecule has 90 valence electrons. The minimum Gasteiger partial charge on any atom is -0.388 e. The molecule has 0 aliphatic rings. The number of aryl methyl sites for hydroxylation is 1. The quantitative estimate of drug-likeness (QED) is 0.706. The highest BCUT2D eigenvalue weighted by Crippen LogP contribution is 2.17. The summed E-state index contributed by atoms with van der Waals surface area (Å²) in [6.45, 7) is 1.95. The van der Waals surface area contributed by atoms with E-state index in [1.165, 1.54) is 0 Å². The van der Waals surface area contributed by atoms with E-state index in [2.05, 4.69) is 10.1 Å². The smallest absolute Gasteiger partial charge is 0.163 e. The third kappa shape index (κ3) is 1.58. The van der Waals surface area contributed by atoms with Crippen LogP contribution in [0.25, 0.3) is 11.3 Å². The molecule has 3 rings (SSSR count). The van der Waals surface area contributed by atoms with Crippen LogP contribution in [0.4, 0.5) is 0 Å². The topological polar surface area (TPSA) is 61.1 Å². The van der Waals surface area contributed by atoms with Crippen molar-refractivity contribution in [3.05, 3.63) is 48.2 Å². The van der Waals surface area contributed by atoms with Crippen LogP contribution in [0.2, 0.25) is 0 Å². The lowest BCUT2D eigenvalue weighted by atomic mass is 10.4. The first-order valence-corrected chi connectivity index (χ1v) is 5.86. The van der Waals surface area contributed by atoms with E-state index in [9.17, 15) is 0 Å². The van der Waals surface area contributed by atoms with E-state index in [4.69, 9.17) is 18.0 Å². The lowest BCUT2D eigenvalue weighted by Gasteiger charge is -2.08. The van der Waals surface area contributed by atoms with E-state index in [0.29, 0.717) is 4.99 Å². The molecule has 0 aliphatic heterocycles. The van der Waals surface area contributed by atoms with Crippen LogP contribution in [-0.4, -0.2) is 24.2 Å². The van der Waals surface area contributed by atoms with E-state index in [-0.39, 0.29) is 0 Å². The van der Waals surface area contributed by atoms with Crippen LogP contribution in [-0.2, 0) is 0 Å². The Balaban J connectivity index is 2.31. The molecular formula is C12H11N5S. The van der Waals surface area contributed by atoms with Crippen LogP contribution in [0, 0.1) is 6.92 Å². The van der Waals surface area contributed by atoms with Crippen molar-refractivity contribution < 1.29 is 0 Å². The van der Waals surface area contributed by atoms with Crippen LogP contribution in [0.15, 0.2) is 36.8 Å². The highest BCUT2D eigenvalue weighted by molar-refractivity contribution is 7.80. The molecule has 3 aromatic heterocycles. The third-order valence-electron chi connectivity index (χ3n) is 2.72. The van der Waals surface area contributed by atoms with Gasteiger partial charge in [0.05, 0.1) is 11.4 Å². The summed E-state index contributed by atoms with van der Waals surface area (Å²) in [7, 11) is 0. The number of hydrogen-bond donors (Lipinski definition) is 1. The minimum atomic E-state index is 0.347. The molecule has 2 N–H and O–H groups in total. The van der Waals surface area contributed by atoms with Gasteiger partial charge in [-0.05, 0) is 25.1 Å². The van der Waals surface area contributed by atoms with Crippen molar-refractivity contribution in [1.29, 1.82) is 0 Å². The molecule has 0 aliphatic carbocycles. The Kier molecular flexibility index (Phi) is 2.38. The van der Waals surface area contributed by atoms with Gasteiger partial charge in [0, 0.05) is 18.6 Å². The molecule has 0 spiro atoms. The molecule has 3 aromatic rings. The molecule has 0 saturated carbocycles. The summed E-state index contributed by atoms with van der Waals surface area (Å²) >= 11 is 5.04. The van der Waals surface area contributed by atoms with Crippen LogP contribution < -0.4 is 5.73 Å². The predicted octanol–water partition coefficient (Wildman–Crippen LogP) is 1.46. The molecule has 0 amide bonds. The van der Waals surface area contributed by atoms with Gasteiger partial charge in [-0.3, -0.25) is 4.57 Å². The molecule has 0 atom stereocenters. The maximum absolute atomic E-state index is 5.71. The van der Waals surface area contributed by atoms with E-state index < -0.39 is 0 Å². The average Bonchev–Trinajstić information content (AvgIpc) is 2.92. The molecule has 6 heteroatoms. The van der Waals surface area contributed by atoms with Crippen molar-refractivity contribution in [3.8, 4) is 5.82 Å². The zero-order chi connectivity index (χ0) is 12.7. The van der Waals surface area contributed by atoms with Crippen molar-refractivity contribution in [1.82, 2.24) is 19.2 Å². The van der Waals surface area contributed by atoms with Crippen molar-refractivity contribution in [2.24, 2.45) is 5.73 Å². The van der Waals surface area contributed by atoms with E-state index in [1.807, 2.05) is 42.1 Å². The monoisotopic (exact) mass is 257 g/mol. The summed E-state index contributed by atoms with van der Waals surface area (Å²) < 4.78 is 3.67. The van der Waals surface area contributed by atoms with Crippen LogP contribution in [0.1, 0.15) is 11.4 Å². The molecule has 5 nitrogen and oxygen atoms in total. The first kappa shape index (κ1) is 10.9. The summed E-state index contributed by atoms with van der Waals surface area (Å²) in [5, 5.41) is 4.36. The standard InChI is InChI=1S/C12H11N5S/c1-8-7-10-12(14-4-6-17(10)15-8)16-5-2-3-9(16)11(13)18/h2-7H,1H3,(H2,13,18). The van der Waals surface area contributed by atoms with Crippen molar-refractivity contribution in [2.75, 3.05) is 0 Å². The second kappa shape index (κ2) is 3.92. The molecule has 0 fully saturated rings. The van der Waals surface area contributed by atoms with Gasteiger partial charge in [-0.2, -0.15) is 5.10 Å². The summed E-state index contributed by atoms with van der Waals surface area (Å²) in [4.78, 5) is 4.74. The Morgan fingerprint density at radius 1 is 1.39 bits per heavy atom. The van der Waals surface area contributed by atoms with Crippen molar-refractivity contribution in [2.45, 2.75) is 6.92 Å². The van der Waals surface area contributed by atoms with Gasteiger partial charge >= 0.3 is 0 Å². The van der Waals surface area contributed by atoms with Crippen LogP contribution >= 0.6 is 12.2 Å². The molecule has 3 heterocycles. The minimum absolute atomic E-state index is 0.347. The van der Waals surface area contributed by atoms with Crippen LogP contribution in [0.5, 0.6) is 0 Å². The number of hydrogen-bond acceptors (Lipinski definition) is 3. The first-order valence-electron chi connectivity index (χ1n) is 5.45. The van der Waals surface area contributed by atoms with Gasteiger partial charge in [-0.25, -0.2) is 9.50 Å². The second-order valence-corrected chi connectivity index (χ2v) is 4.43. The maximum atomic E-state index is 5.71. The maximum Gasteiger partial charge on any atom is 0.163 e. The van der Waals surface area contributed by atoms with E-state index >= 15 is 0 Å². The number of fused-ring (bicyclic) bond motifs is 1. The van der Waals surface area contributed by atoms with E-state index in [1.54, 1.807) is 10.7 Å². The third-order valence-corrected chi connectivity index (χ3v) is 2.93. The SMILES string of the molecule is Cc1cc2c(-n3cccc3C(N)=S)nccn2n1. The molecule has 0 unspecified atom stereocenters. The van der Waals surface area contributed by atoms with Gasteiger partial charge in [0.25, 0.3) is 0 Å². The zero-order valence-corrected chi connectivity index (χ0v) is 10.6.